The van der Waals surface area contributed by atoms with Crippen LogP contribution in [0.15, 0.2) is 34.1 Å². The van der Waals surface area contributed by atoms with Crippen LogP contribution in [0.4, 0.5) is 0 Å². The van der Waals surface area contributed by atoms with Gasteiger partial charge in [-0.15, -0.1) is 11.8 Å². The molecule has 0 unspecified atom stereocenters. The van der Waals surface area contributed by atoms with Crippen LogP contribution in [0, 0.1) is 0 Å². The van der Waals surface area contributed by atoms with Crippen LogP contribution in [0.25, 0.3) is 0 Å². The molecule has 2 N–H and O–H groups in total. The Balaban J connectivity index is 2.63. The van der Waals surface area contributed by atoms with E-state index in [1.165, 1.54) is 11.8 Å². The topological polar surface area (TPSA) is 58.2 Å². The molecular weight excluding hydrogens is 268 g/mol. The van der Waals surface area contributed by atoms with Crippen molar-refractivity contribution in [1.29, 1.82) is 0 Å². The second kappa shape index (κ2) is 7.78. The maximum atomic E-state index is 12.1. The summed E-state index contributed by atoms with van der Waals surface area (Å²) >= 11 is 1.43. The first kappa shape index (κ1) is 15.5. The van der Waals surface area contributed by atoms with E-state index in [0.29, 0.717) is 18.0 Å². The molecule has 0 saturated carbocycles. The minimum atomic E-state index is -3.40. The number of rotatable bonds is 8. The highest BCUT2D eigenvalue weighted by molar-refractivity contribution is 7.99. The molecular formula is C12H20N2O2S2. The smallest absolute Gasteiger partial charge is 0.241 e. The average Bonchev–Trinajstić information content (AvgIpc) is 2.38. The molecule has 1 rings (SSSR count). The number of nitrogens with one attached hydrogen (secondary N) is 2. The van der Waals surface area contributed by atoms with Crippen molar-refractivity contribution in [3.63, 3.8) is 0 Å². The molecule has 18 heavy (non-hydrogen) atoms. The molecule has 0 bridgehead atoms. The number of benzene rings is 1. The zero-order valence-corrected chi connectivity index (χ0v) is 12.4. The van der Waals surface area contributed by atoms with Crippen LogP contribution in [-0.2, 0) is 10.0 Å². The molecule has 102 valence electrons. The van der Waals surface area contributed by atoms with E-state index in [1.54, 1.807) is 12.1 Å². The minimum absolute atomic E-state index is 0.355. The largest absolute Gasteiger partial charge is 0.315 e. The van der Waals surface area contributed by atoms with Crippen molar-refractivity contribution in [2.24, 2.45) is 0 Å². The van der Waals surface area contributed by atoms with Gasteiger partial charge in [-0.1, -0.05) is 19.1 Å². The molecule has 0 aliphatic carbocycles. The zero-order chi connectivity index (χ0) is 13.4. The van der Waals surface area contributed by atoms with Gasteiger partial charge in [-0.2, -0.15) is 0 Å². The van der Waals surface area contributed by atoms with E-state index in [2.05, 4.69) is 17.0 Å². The van der Waals surface area contributed by atoms with E-state index < -0.39 is 10.0 Å². The van der Waals surface area contributed by atoms with Crippen LogP contribution >= 0.6 is 11.8 Å². The number of hydrogen-bond acceptors (Lipinski definition) is 4. The Bertz CT molecular complexity index is 461. The number of hydrogen-bond donors (Lipinski definition) is 2. The average molecular weight is 288 g/mol. The highest BCUT2D eigenvalue weighted by Crippen LogP contribution is 2.23. The molecule has 6 heteroatoms. The predicted octanol–water partition coefficient (Wildman–Crippen LogP) is 1.69. The molecule has 0 heterocycles. The van der Waals surface area contributed by atoms with E-state index in [4.69, 9.17) is 0 Å². The van der Waals surface area contributed by atoms with Crippen molar-refractivity contribution in [2.45, 2.75) is 23.1 Å². The summed E-state index contributed by atoms with van der Waals surface area (Å²) in [5, 5.41) is 3.16. The fourth-order valence-electron chi connectivity index (χ4n) is 1.49. The molecule has 0 spiro atoms. The van der Waals surface area contributed by atoms with Crippen LogP contribution in [0.5, 0.6) is 0 Å². The van der Waals surface area contributed by atoms with E-state index in [1.807, 2.05) is 18.4 Å². The molecule has 0 aliphatic heterocycles. The molecule has 0 saturated heterocycles. The first-order valence-corrected chi connectivity index (χ1v) is 8.66. The van der Waals surface area contributed by atoms with Crippen LogP contribution < -0.4 is 10.0 Å². The molecule has 0 radical (unpaired) electrons. The van der Waals surface area contributed by atoms with Gasteiger partial charge in [0.2, 0.25) is 10.0 Å². The van der Waals surface area contributed by atoms with Gasteiger partial charge in [0.15, 0.2) is 0 Å². The Morgan fingerprint density at radius 2 is 1.89 bits per heavy atom. The van der Waals surface area contributed by atoms with Crippen molar-refractivity contribution in [2.75, 3.05) is 25.9 Å². The minimum Gasteiger partial charge on any atom is -0.315 e. The fraction of sp³-hybridized carbons (Fsp3) is 0.500. The first-order chi connectivity index (χ1) is 8.61. The summed E-state index contributed by atoms with van der Waals surface area (Å²) in [7, 11) is -3.40. The summed E-state index contributed by atoms with van der Waals surface area (Å²) in [5.41, 5.74) is 0. The normalized spacial score (nSPS) is 11.7. The Hall–Kier alpha value is -0.560. The lowest BCUT2D eigenvalue weighted by Gasteiger charge is -2.10. The van der Waals surface area contributed by atoms with Crippen LogP contribution in [0.3, 0.4) is 0 Å². The molecule has 1 aromatic rings. The third-order valence-corrected chi connectivity index (χ3v) is 4.82. The summed E-state index contributed by atoms with van der Waals surface area (Å²) in [6, 6.07) is 7.03. The number of sulfonamides is 1. The van der Waals surface area contributed by atoms with E-state index >= 15 is 0 Å². The lowest BCUT2D eigenvalue weighted by Crippen LogP contribution is -2.32. The van der Waals surface area contributed by atoms with Crippen LogP contribution in [-0.4, -0.2) is 34.3 Å². The highest BCUT2D eigenvalue weighted by atomic mass is 32.2. The highest BCUT2D eigenvalue weighted by Gasteiger charge is 2.16. The number of thioether (sulfide) groups is 1. The molecule has 0 aromatic heterocycles. The van der Waals surface area contributed by atoms with Crippen molar-refractivity contribution in [3.05, 3.63) is 24.3 Å². The van der Waals surface area contributed by atoms with Gasteiger partial charge in [0.1, 0.15) is 0 Å². The first-order valence-electron chi connectivity index (χ1n) is 5.95. The summed E-state index contributed by atoms with van der Waals surface area (Å²) in [6.07, 6.45) is 2.92. The van der Waals surface area contributed by atoms with Gasteiger partial charge in [-0.3, -0.25) is 0 Å². The molecule has 4 nitrogen and oxygen atoms in total. The summed E-state index contributed by atoms with van der Waals surface area (Å²) in [6.45, 7) is 4.04. The third-order valence-electron chi connectivity index (χ3n) is 2.38. The van der Waals surface area contributed by atoms with Crippen molar-refractivity contribution < 1.29 is 8.42 Å². The quantitative estimate of drug-likeness (QED) is 0.564. The van der Waals surface area contributed by atoms with Crippen molar-refractivity contribution >= 4 is 21.8 Å². The van der Waals surface area contributed by atoms with Crippen molar-refractivity contribution in [1.82, 2.24) is 10.0 Å². The van der Waals surface area contributed by atoms with Crippen LogP contribution in [0.2, 0.25) is 0 Å². The zero-order valence-electron chi connectivity index (χ0n) is 10.8. The Morgan fingerprint density at radius 3 is 2.56 bits per heavy atom. The standard InChI is InChI=1S/C12H20N2O2S2/c1-3-8-13-9-10-14-18(15,16)12-7-5-4-6-11(12)17-2/h4-7,13-14H,3,8-10H2,1-2H3. The Kier molecular flexibility index (Phi) is 6.70. The summed E-state index contributed by atoms with van der Waals surface area (Å²) in [5.74, 6) is 0. The fourth-order valence-corrected chi connectivity index (χ4v) is 3.67. The summed E-state index contributed by atoms with van der Waals surface area (Å²) < 4.78 is 26.8. The lowest BCUT2D eigenvalue weighted by molar-refractivity contribution is 0.573. The van der Waals surface area contributed by atoms with Gasteiger partial charge in [-0.05, 0) is 31.4 Å². The molecule has 0 amide bonds. The lowest BCUT2D eigenvalue weighted by atomic mass is 10.4. The predicted molar refractivity (Wildman–Crippen MR) is 76.6 cm³/mol. The van der Waals surface area contributed by atoms with E-state index in [0.717, 1.165) is 17.9 Å². The van der Waals surface area contributed by atoms with E-state index in [9.17, 15) is 8.42 Å². The maximum absolute atomic E-state index is 12.1. The molecule has 1 aromatic carbocycles. The molecule has 0 aliphatic rings. The van der Waals surface area contributed by atoms with Gasteiger partial charge in [0.05, 0.1) is 4.90 Å². The second-order valence-electron chi connectivity index (χ2n) is 3.80. The second-order valence-corrected chi connectivity index (χ2v) is 6.38. The SMILES string of the molecule is CCCNCCNS(=O)(=O)c1ccccc1SC. The third kappa shape index (κ3) is 4.61. The van der Waals surface area contributed by atoms with Gasteiger partial charge in [0.25, 0.3) is 0 Å². The van der Waals surface area contributed by atoms with Crippen molar-refractivity contribution in [3.8, 4) is 0 Å². The Morgan fingerprint density at radius 1 is 1.17 bits per heavy atom. The van der Waals surface area contributed by atoms with Crippen LogP contribution in [0.1, 0.15) is 13.3 Å². The monoisotopic (exact) mass is 288 g/mol. The van der Waals surface area contributed by atoms with E-state index in [-0.39, 0.29) is 0 Å². The molecule has 0 fully saturated rings. The maximum Gasteiger partial charge on any atom is 0.241 e. The van der Waals surface area contributed by atoms with Gasteiger partial charge >= 0.3 is 0 Å². The molecule has 0 atom stereocenters. The Labute approximate surface area is 114 Å². The van der Waals surface area contributed by atoms with Gasteiger partial charge in [-0.25, -0.2) is 13.1 Å². The summed E-state index contributed by atoms with van der Waals surface area (Å²) in [4.78, 5) is 1.12. The van der Waals surface area contributed by atoms with Gasteiger partial charge in [0, 0.05) is 18.0 Å². The van der Waals surface area contributed by atoms with Gasteiger partial charge < -0.3 is 5.32 Å².